The highest BCUT2D eigenvalue weighted by atomic mass is 32.2. The van der Waals surface area contributed by atoms with E-state index >= 15 is 0 Å². The van der Waals surface area contributed by atoms with Crippen molar-refractivity contribution in [1.82, 2.24) is 0 Å². The van der Waals surface area contributed by atoms with Crippen LogP contribution >= 0.6 is 11.8 Å². The number of nitrogens with zero attached hydrogens (tertiary/aromatic N) is 1. The van der Waals surface area contributed by atoms with E-state index in [1.165, 1.54) is 23.9 Å². The normalized spacial score (nSPS) is 12.4. The van der Waals surface area contributed by atoms with Crippen molar-refractivity contribution in [2.45, 2.75) is 17.9 Å². The molecular weight excluding hydrogens is 205 g/mol. The van der Waals surface area contributed by atoms with Gasteiger partial charge in [0, 0.05) is 16.7 Å². The van der Waals surface area contributed by atoms with Gasteiger partial charge in [-0.2, -0.15) is 0 Å². The van der Waals surface area contributed by atoms with E-state index in [4.69, 9.17) is 0 Å². The number of benzene rings is 1. The Hall–Kier alpha value is -1.10. The molecule has 0 N–H and O–H groups in total. The van der Waals surface area contributed by atoms with Gasteiger partial charge in [0.05, 0.1) is 5.75 Å². The highest BCUT2D eigenvalue weighted by molar-refractivity contribution is 7.99. The highest BCUT2D eigenvalue weighted by Crippen LogP contribution is 2.19. The Morgan fingerprint density at radius 1 is 1.50 bits per heavy atom. The molecule has 0 aliphatic rings. The SMILES string of the molecule is CC(CSc1ccc(F)cc1)[N+](=O)[O-]. The summed E-state index contributed by atoms with van der Waals surface area (Å²) >= 11 is 1.36. The van der Waals surface area contributed by atoms with Gasteiger partial charge in [-0.1, -0.05) is 0 Å². The molecule has 1 atom stereocenters. The van der Waals surface area contributed by atoms with Crippen molar-refractivity contribution < 1.29 is 9.31 Å². The number of rotatable bonds is 4. The van der Waals surface area contributed by atoms with Crippen LogP contribution in [-0.4, -0.2) is 16.7 Å². The zero-order valence-electron chi connectivity index (χ0n) is 7.64. The average Bonchev–Trinajstić information content (AvgIpc) is 2.16. The Morgan fingerprint density at radius 2 is 2.07 bits per heavy atom. The lowest BCUT2D eigenvalue weighted by Gasteiger charge is -2.03. The number of hydrogen-bond acceptors (Lipinski definition) is 3. The summed E-state index contributed by atoms with van der Waals surface area (Å²) in [6.07, 6.45) is 0. The fraction of sp³-hybridized carbons (Fsp3) is 0.333. The van der Waals surface area contributed by atoms with E-state index in [9.17, 15) is 14.5 Å². The number of halogens is 1. The van der Waals surface area contributed by atoms with Gasteiger partial charge in [-0.25, -0.2) is 4.39 Å². The molecule has 14 heavy (non-hydrogen) atoms. The molecule has 1 aromatic carbocycles. The molecule has 1 aromatic rings. The van der Waals surface area contributed by atoms with Crippen molar-refractivity contribution in [3.63, 3.8) is 0 Å². The van der Waals surface area contributed by atoms with E-state index in [1.54, 1.807) is 19.1 Å². The molecule has 0 heterocycles. The van der Waals surface area contributed by atoms with Crippen LogP contribution in [0.3, 0.4) is 0 Å². The maximum Gasteiger partial charge on any atom is 0.219 e. The topological polar surface area (TPSA) is 43.1 Å². The van der Waals surface area contributed by atoms with Gasteiger partial charge in [-0.15, -0.1) is 11.8 Å². The van der Waals surface area contributed by atoms with E-state index in [1.807, 2.05) is 0 Å². The number of thioether (sulfide) groups is 1. The first-order valence-electron chi connectivity index (χ1n) is 4.11. The van der Waals surface area contributed by atoms with Gasteiger partial charge in [0.25, 0.3) is 0 Å². The minimum atomic E-state index is -0.579. The van der Waals surface area contributed by atoms with Gasteiger partial charge in [0.2, 0.25) is 6.04 Å². The first kappa shape index (κ1) is 11.0. The lowest BCUT2D eigenvalue weighted by atomic mass is 10.3. The zero-order valence-corrected chi connectivity index (χ0v) is 8.46. The van der Waals surface area contributed by atoms with Crippen LogP contribution in [0.4, 0.5) is 4.39 Å². The molecule has 3 nitrogen and oxygen atoms in total. The summed E-state index contributed by atoms with van der Waals surface area (Å²) in [5.41, 5.74) is 0. The third-order valence-electron chi connectivity index (χ3n) is 1.66. The Bertz CT molecular complexity index is 315. The number of nitro groups is 1. The summed E-state index contributed by atoms with van der Waals surface area (Å²) in [6.45, 7) is 1.55. The molecule has 1 unspecified atom stereocenters. The molecule has 76 valence electrons. The molecule has 0 amide bonds. The second kappa shape index (κ2) is 4.95. The Balaban J connectivity index is 2.46. The van der Waals surface area contributed by atoms with Crippen LogP contribution in [0.5, 0.6) is 0 Å². The van der Waals surface area contributed by atoms with E-state index < -0.39 is 6.04 Å². The molecule has 0 radical (unpaired) electrons. The van der Waals surface area contributed by atoms with Crippen LogP contribution in [-0.2, 0) is 0 Å². The van der Waals surface area contributed by atoms with Gasteiger partial charge < -0.3 is 0 Å². The molecule has 0 aliphatic heterocycles. The first-order chi connectivity index (χ1) is 6.59. The quantitative estimate of drug-likeness (QED) is 0.440. The van der Waals surface area contributed by atoms with Crippen LogP contribution in [0.15, 0.2) is 29.2 Å². The van der Waals surface area contributed by atoms with Gasteiger partial charge in [0.1, 0.15) is 5.82 Å². The molecule has 0 fully saturated rings. The minimum absolute atomic E-state index is 0.295. The van der Waals surface area contributed by atoms with E-state index in [0.717, 1.165) is 4.90 Å². The van der Waals surface area contributed by atoms with Crippen LogP contribution in [0, 0.1) is 15.9 Å². The van der Waals surface area contributed by atoms with Gasteiger partial charge >= 0.3 is 0 Å². The predicted octanol–water partition coefficient (Wildman–Crippen LogP) is 2.58. The summed E-state index contributed by atoms with van der Waals surface area (Å²) in [4.78, 5) is 10.8. The second-order valence-electron chi connectivity index (χ2n) is 2.90. The largest absolute Gasteiger partial charge is 0.264 e. The van der Waals surface area contributed by atoms with Gasteiger partial charge in [-0.05, 0) is 24.3 Å². The van der Waals surface area contributed by atoms with Crippen molar-refractivity contribution in [3.8, 4) is 0 Å². The second-order valence-corrected chi connectivity index (χ2v) is 3.99. The van der Waals surface area contributed by atoms with Gasteiger partial charge in [0.15, 0.2) is 0 Å². The smallest absolute Gasteiger partial charge is 0.219 e. The van der Waals surface area contributed by atoms with Crippen molar-refractivity contribution in [3.05, 3.63) is 40.2 Å². The Morgan fingerprint density at radius 3 is 2.57 bits per heavy atom. The Labute approximate surface area is 85.5 Å². The minimum Gasteiger partial charge on any atom is -0.264 e. The molecular formula is C9H10FNO2S. The van der Waals surface area contributed by atoms with Crippen LogP contribution < -0.4 is 0 Å². The molecule has 1 rings (SSSR count). The highest BCUT2D eigenvalue weighted by Gasteiger charge is 2.12. The summed E-state index contributed by atoms with van der Waals surface area (Å²) in [6, 6.07) is 5.35. The molecule has 0 aliphatic carbocycles. The third kappa shape index (κ3) is 3.33. The zero-order chi connectivity index (χ0) is 10.6. The molecule has 0 spiro atoms. The fourth-order valence-corrected chi connectivity index (χ4v) is 1.69. The van der Waals surface area contributed by atoms with Crippen LogP contribution in [0.2, 0.25) is 0 Å². The number of hydrogen-bond donors (Lipinski definition) is 0. The van der Waals surface area contributed by atoms with Gasteiger partial charge in [-0.3, -0.25) is 10.1 Å². The molecule has 0 bridgehead atoms. The Kier molecular flexibility index (Phi) is 3.88. The summed E-state index contributed by atoms with van der Waals surface area (Å²) in [5.74, 6) is 0.107. The van der Waals surface area contributed by atoms with Crippen LogP contribution in [0.1, 0.15) is 6.92 Å². The summed E-state index contributed by atoms with van der Waals surface area (Å²) in [7, 11) is 0. The lowest BCUT2D eigenvalue weighted by Crippen LogP contribution is -2.17. The summed E-state index contributed by atoms with van der Waals surface area (Å²) < 4.78 is 12.5. The lowest BCUT2D eigenvalue weighted by molar-refractivity contribution is -0.511. The van der Waals surface area contributed by atoms with Crippen molar-refractivity contribution >= 4 is 11.8 Å². The van der Waals surface area contributed by atoms with Crippen molar-refractivity contribution in [1.29, 1.82) is 0 Å². The first-order valence-corrected chi connectivity index (χ1v) is 5.10. The van der Waals surface area contributed by atoms with E-state index in [0.29, 0.717) is 5.75 Å². The molecule has 0 aromatic heterocycles. The van der Waals surface area contributed by atoms with Crippen LogP contribution in [0.25, 0.3) is 0 Å². The molecule has 0 saturated heterocycles. The predicted molar refractivity (Wildman–Crippen MR) is 53.6 cm³/mol. The van der Waals surface area contributed by atoms with Crippen molar-refractivity contribution in [2.24, 2.45) is 0 Å². The monoisotopic (exact) mass is 215 g/mol. The van der Waals surface area contributed by atoms with E-state index in [2.05, 4.69) is 0 Å². The van der Waals surface area contributed by atoms with E-state index in [-0.39, 0.29) is 10.7 Å². The maximum atomic E-state index is 12.5. The molecule has 5 heteroatoms. The maximum absolute atomic E-state index is 12.5. The standard InChI is InChI=1S/C9H10FNO2S/c1-7(11(12)13)6-14-9-4-2-8(10)3-5-9/h2-5,7H,6H2,1H3. The third-order valence-corrected chi connectivity index (χ3v) is 2.92. The average molecular weight is 215 g/mol. The molecule has 0 saturated carbocycles. The fourth-order valence-electron chi connectivity index (χ4n) is 0.809. The van der Waals surface area contributed by atoms with Crippen molar-refractivity contribution in [2.75, 3.05) is 5.75 Å². The summed E-state index contributed by atoms with van der Waals surface area (Å²) in [5, 5.41) is 10.3.